The van der Waals surface area contributed by atoms with Crippen LogP contribution in [0.3, 0.4) is 0 Å². The average molecular weight is 849 g/mol. The lowest BCUT2D eigenvalue weighted by molar-refractivity contribution is -0.157. The van der Waals surface area contributed by atoms with E-state index in [1.807, 2.05) is 33.8 Å². The second-order valence-corrected chi connectivity index (χ2v) is 19.0. The van der Waals surface area contributed by atoms with Gasteiger partial charge in [0.1, 0.15) is 47.3 Å². The van der Waals surface area contributed by atoms with E-state index >= 15 is 0 Å². The molecule has 0 bridgehead atoms. The Balaban J connectivity index is 1.10. The number of carbonyl (C=O) groups excluding carboxylic acids is 4. The molecule has 1 saturated heterocycles. The number of aromatic nitrogens is 2. The first-order chi connectivity index (χ1) is 28.7. The summed E-state index contributed by atoms with van der Waals surface area (Å²) in [5.74, 6) is -0.0351. The lowest BCUT2D eigenvalue weighted by Gasteiger charge is -2.35. The number of oxazole rings is 1. The van der Waals surface area contributed by atoms with Gasteiger partial charge in [0, 0.05) is 37.4 Å². The number of nitrogens with zero attached hydrogens (tertiary/aromatic N) is 3. The Morgan fingerprint density at radius 2 is 1.77 bits per heavy atom. The Morgan fingerprint density at radius 3 is 2.43 bits per heavy atom. The van der Waals surface area contributed by atoms with Crippen molar-refractivity contribution in [2.24, 2.45) is 34.5 Å². The van der Waals surface area contributed by atoms with Crippen LogP contribution in [-0.2, 0) is 33.4 Å². The SMILES string of the molecule is CC[C@@H]1C[C@]1(CC(=O)[C@@H]1C[C@@H](Oc2cc(-c3coc(NC4CC4)n3)nc3c(Cl)c(OCCOC)ccc23)CN1C(=O)[C@@H](CC(=O)OC1C[C@@H]2C[C@@H]2C1)C(C)(C)C)C(=O)OC. The van der Waals surface area contributed by atoms with Gasteiger partial charge >= 0.3 is 11.9 Å². The van der Waals surface area contributed by atoms with Gasteiger partial charge in [-0.05, 0) is 73.8 Å². The van der Waals surface area contributed by atoms with Crippen molar-refractivity contribution in [3.8, 4) is 22.9 Å². The summed E-state index contributed by atoms with van der Waals surface area (Å²) in [6, 6.07) is 5.11. The fraction of sp³-hybridized carbons (Fsp3) is 0.644. The molecule has 0 spiro atoms. The van der Waals surface area contributed by atoms with Gasteiger partial charge in [0.15, 0.2) is 5.78 Å². The van der Waals surface area contributed by atoms with E-state index in [1.54, 1.807) is 24.1 Å². The van der Waals surface area contributed by atoms with Crippen LogP contribution in [0.25, 0.3) is 22.3 Å². The van der Waals surface area contributed by atoms with Gasteiger partial charge < -0.3 is 38.3 Å². The number of nitrogens with one attached hydrogen (secondary N) is 1. The number of ether oxygens (including phenoxy) is 5. The molecule has 3 heterocycles. The number of likely N-dealkylation sites (tertiary alicyclic amines) is 1. The summed E-state index contributed by atoms with van der Waals surface area (Å²) < 4.78 is 34.8. The standard InChI is InChI=1S/C45H57ClN4O10/c1-7-26-20-45(26,42(54)56-6)21-35(51)34-17-29(22-50(34)41(53)31(44(2,3)4)18-38(52)60-28-15-24-14-25(24)16-28)59-37-19-32(33-23-58-43(49-33)47-27-8-9-27)48-40-30(37)10-11-36(39(40)46)57-13-12-55-5/h10-11,19,23-29,31,34H,7-9,12-18,20-22H2,1-6H3,(H,47,49)/t24-,25+,26-,28?,29-,31-,34+,45-/m1/s1. The number of rotatable bonds is 18. The molecule has 1 N–H and O–H groups in total. The topological polar surface area (TPSA) is 169 Å². The van der Waals surface area contributed by atoms with Crippen molar-refractivity contribution < 1.29 is 47.3 Å². The Labute approximate surface area is 355 Å². The van der Waals surface area contributed by atoms with E-state index in [9.17, 15) is 19.2 Å². The molecule has 0 radical (unpaired) electrons. The zero-order chi connectivity index (χ0) is 42.5. The first kappa shape index (κ1) is 42.3. The van der Waals surface area contributed by atoms with Gasteiger partial charge in [-0.3, -0.25) is 19.2 Å². The van der Waals surface area contributed by atoms with Crippen LogP contribution in [0.5, 0.6) is 11.5 Å². The van der Waals surface area contributed by atoms with Crippen molar-refractivity contribution in [1.82, 2.24) is 14.9 Å². The summed E-state index contributed by atoms with van der Waals surface area (Å²) in [7, 11) is 2.93. The first-order valence-corrected chi connectivity index (χ1v) is 21.8. The second-order valence-electron chi connectivity index (χ2n) is 18.6. The molecule has 4 aliphatic carbocycles. The number of benzene rings is 1. The highest BCUT2D eigenvalue weighted by Gasteiger charge is 2.62. The number of hydrogen-bond donors (Lipinski definition) is 1. The third kappa shape index (κ3) is 8.82. The number of amides is 1. The Morgan fingerprint density at radius 1 is 1.00 bits per heavy atom. The Bertz CT molecular complexity index is 2120. The van der Waals surface area contributed by atoms with Crippen LogP contribution in [-0.4, -0.2) is 96.8 Å². The summed E-state index contributed by atoms with van der Waals surface area (Å²) in [5.41, 5.74) is -0.268. The van der Waals surface area contributed by atoms with Gasteiger partial charge in [-0.1, -0.05) is 45.7 Å². The lowest BCUT2D eigenvalue weighted by atomic mass is 9.77. The van der Waals surface area contributed by atoms with Crippen LogP contribution in [0.15, 0.2) is 28.9 Å². The molecule has 1 aliphatic heterocycles. The van der Waals surface area contributed by atoms with Crippen LogP contribution in [0.1, 0.15) is 91.9 Å². The molecule has 1 aromatic carbocycles. The molecule has 3 aromatic rings. The maximum atomic E-state index is 14.9. The fourth-order valence-corrected chi connectivity index (χ4v) is 9.72. The minimum atomic E-state index is -0.926. The van der Waals surface area contributed by atoms with E-state index < -0.39 is 40.8 Å². The molecule has 2 aromatic heterocycles. The molecule has 60 heavy (non-hydrogen) atoms. The number of pyridine rings is 1. The van der Waals surface area contributed by atoms with Crippen LogP contribution in [0, 0.1) is 34.5 Å². The second kappa shape index (κ2) is 16.8. The maximum absolute atomic E-state index is 14.9. The third-order valence-electron chi connectivity index (χ3n) is 13.3. The zero-order valence-corrected chi connectivity index (χ0v) is 36.2. The summed E-state index contributed by atoms with van der Waals surface area (Å²) in [5, 5.41) is 4.12. The normalized spacial score (nSPS) is 27.3. The molecule has 324 valence electrons. The van der Waals surface area contributed by atoms with Crippen molar-refractivity contribution in [3.05, 3.63) is 29.5 Å². The molecule has 8 rings (SSSR count). The zero-order valence-electron chi connectivity index (χ0n) is 35.4. The van der Waals surface area contributed by atoms with Crippen LogP contribution in [0.2, 0.25) is 5.02 Å². The predicted molar refractivity (Wildman–Crippen MR) is 222 cm³/mol. The first-order valence-electron chi connectivity index (χ1n) is 21.5. The Kier molecular flexibility index (Phi) is 11.8. The number of Topliss-reactive ketones (excluding diaryl/α,β-unsaturated/α-hetero) is 1. The highest BCUT2D eigenvalue weighted by Crippen LogP contribution is 2.58. The van der Waals surface area contributed by atoms with Gasteiger partial charge in [0.2, 0.25) is 5.91 Å². The van der Waals surface area contributed by atoms with Gasteiger partial charge in [-0.25, -0.2) is 4.98 Å². The van der Waals surface area contributed by atoms with Crippen molar-refractivity contribution in [3.63, 3.8) is 0 Å². The average Bonchev–Trinajstić information content (AvgIpc) is 4.16. The number of hydrogen-bond acceptors (Lipinski definition) is 13. The summed E-state index contributed by atoms with van der Waals surface area (Å²) in [4.78, 5) is 67.2. The number of carbonyl (C=O) groups is 4. The van der Waals surface area contributed by atoms with E-state index in [0.29, 0.717) is 70.7 Å². The van der Waals surface area contributed by atoms with Crippen molar-refractivity contribution in [1.29, 1.82) is 0 Å². The number of halogens is 1. The molecule has 4 saturated carbocycles. The quantitative estimate of drug-likeness (QED) is 0.0992. The van der Waals surface area contributed by atoms with E-state index in [2.05, 4.69) is 10.3 Å². The summed E-state index contributed by atoms with van der Waals surface area (Å²) in [6.45, 7) is 8.47. The number of ketones is 1. The lowest BCUT2D eigenvalue weighted by Crippen LogP contribution is -2.48. The van der Waals surface area contributed by atoms with E-state index in [-0.39, 0.29) is 61.1 Å². The van der Waals surface area contributed by atoms with Gasteiger partial charge in [0.25, 0.3) is 6.01 Å². The van der Waals surface area contributed by atoms with E-state index in [4.69, 9.17) is 44.7 Å². The largest absolute Gasteiger partial charge is 0.490 e. The minimum absolute atomic E-state index is 0.0106. The third-order valence-corrected chi connectivity index (χ3v) is 13.7. The van der Waals surface area contributed by atoms with Crippen molar-refractivity contribution in [2.75, 3.05) is 39.3 Å². The molecule has 1 amide bonds. The van der Waals surface area contributed by atoms with Crippen LogP contribution in [0.4, 0.5) is 6.01 Å². The predicted octanol–water partition coefficient (Wildman–Crippen LogP) is 7.43. The maximum Gasteiger partial charge on any atom is 0.312 e. The van der Waals surface area contributed by atoms with E-state index in [1.165, 1.54) is 19.8 Å². The molecular weight excluding hydrogens is 792 g/mol. The highest BCUT2D eigenvalue weighted by atomic mass is 35.5. The minimum Gasteiger partial charge on any atom is -0.490 e. The van der Waals surface area contributed by atoms with Gasteiger partial charge in [-0.15, -0.1) is 0 Å². The molecular formula is C45H57ClN4O10. The number of anilines is 1. The van der Waals surface area contributed by atoms with Crippen LogP contribution >= 0.6 is 11.6 Å². The van der Waals surface area contributed by atoms with E-state index in [0.717, 1.165) is 32.1 Å². The summed E-state index contributed by atoms with van der Waals surface area (Å²) >= 11 is 6.98. The molecule has 14 nitrogen and oxygen atoms in total. The molecule has 5 fully saturated rings. The van der Waals surface area contributed by atoms with Gasteiger partial charge in [0.05, 0.1) is 55.3 Å². The van der Waals surface area contributed by atoms with Crippen LogP contribution < -0.4 is 14.8 Å². The number of esters is 2. The molecule has 15 heteroatoms. The smallest absolute Gasteiger partial charge is 0.312 e. The van der Waals surface area contributed by atoms with Crippen molar-refractivity contribution >= 4 is 52.1 Å². The fourth-order valence-electron chi connectivity index (χ4n) is 9.46. The molecule has 1 unspecified atom stereocenters. The monoisotopic (exact) mass is 848 g/mol. The van der Waals surface area contributed by atoms with Crippen molar-refractivity contribution in [2.45, 2.75) is 116 Å². The van der Waals surface area contributed by atoms with Gasteiger partial charge in [-0.2, -0.15) is 4.98 Å². The molecule has 8 atom stereocenters. The Hall–Kier alpha value is -4.43. The number of methoxy groups -OCH3 is 2. The molecule has 5 aliphatic rings. The highest BCUT2D eigenvalue weighted by molar-refractivity contribution is 6.36. The number of fused-ring (bicyclic) bond motifs is 2. The summed E-state index contributed by atoms with van der Waals surface area (Å²) in [6.07, 6.45) is 7.05.